The molecule has 0 bridgehead atoms. The van der Waals surface area contributed by atoms with Crippen LogP contribution in [0.2, 0.25) is 0 Å². The maximum absolute atomic E-state index is 13.6. The molecule has 36 heavy (non-hydrogen) atoms. The van der Waals surface area contributed by atoms with Gasteiger partial charge in [-0.15, -0.1) is 0 Å². The molecule has 192 valence electrons. The number of hydrogen-bond donors (Lipinski definition) is 7. The minimum atomic E-state index is -1.68. The molecular formula is C25H26O11. The Balaban J connectivity index is 1.62. The molecule has 11 heteroatoms. The Kier molecular flexibility index (Phi) is 5.63. The SMILES string of the molecule is CC1OC(Oc2cccc3c2C(=O)c2c(O)c4c(c(O)c2C3=O)CC(C)(O)CC4O)C(O)C(O)C1O. The average molecular weight is 502 g/mol. The van der Waals surface area contributed by atoms with E-state index >= 15 is 0 Å². The molecule has 1 aliphatic heterocycles. The second-order valence-electron chi connectivity index (χ2n) is 9.87. The van der Waals surface area contributed by atoms with Crippen LogP contribution in [0.15, 0.2) is 18.2 Å². The molecule has 0 radical (unpaired) electrons. The topological polar surface area (TPSA) is 194 Å². The molecule has 11 nitrogen and oxygen atoms in total. The van der Waals surface area contributed by atoms with Crippen molar-refractivity contribution in [2.45, 2.75) is 69.1 Å². The second-order valence-corrected chi connectivity index (χ2v) is 9.87. The van der Waals surface area contributed by atoms with Gasteiger partial charge in [-0.2, -0.15) is 0 Å². The molecule has 7 atom stereocenters. The quantitative estimate of drug-likeness (QED) is 0.230. The molecule has 1 fully saturated rings. The molecule has 0 amide bonds. The van der Waals surface area contributed by atoms with E-state index in [4.69, 9.17) is 9.47 Å². The summed E-state index contributed by atoms with van der Waals surface area (Å²) in [6, 6.07) is 4.05. The monoisotopic (exact) mass is 502 g/mol. The highest BCUT2D eigenvalue weighted by molar-refractivity contribution is 6.31. The van der Waals surface area contributed by atoms with Gasteiger partial charge in [-0.1, -0.05) is 12.1 Å². The number of benzene rings is 2. The van der Waals surface area contributed by atoms with E-state index < -0.39 is 76.6 Å². The largest absolute Gasteiger partial charge is 0.507 e. The Morgan fingerprint density at radius 1 is 0.944 bits per heavy atom. The van der Waals surface area contributed by atoms with Crippen LogP contribution in [-0.4, -0.2) is 83.6 Å². The highest BCUT2D eigenvalue weighted by Gasteiger charge is 2.46. The first kappa shape index (κ1) is 24.6. The summed E-state index contributed by atoms with van der Waals surface area (Å²) in [4.78, 5) is 27.1. The lowest BCUT2D eigenvalue weighted by Crippen LogP contribution is -2.58. The van der Waals surface area contributed by atoms with Crippen LogP contribution in [0.25, 0.3) is 0 Å². The predicted octanol–water partition coefficient (Wildman–Crippen LogP) is -0.190. The van der Waals surface area contributed by atoms with Crippen molar-refractivity contribution in [3.05, 3.63) is 51.6 Å². The van der Waals surface area contributed by atoms with E-state index in [1.807, 2.05) is 0 Å². The van der Waals surface area contributed by atoms with E-state index in [1.165, 1.54) is 32.0 Å². The van der Waals surface area contributed by atoms with E-state index in [-0.39, 0.29) is 40.8 Å². The zero-order valence-corrected chi connectivity index (χ0v) is 19.4. The van der Waals surface area contributed by atoms with Gasteiger partial charge in [0.15, 0.2) is 5.78 Å². The zero-order valence-electron chi connectivity index (χ0n) is 19.4. The lowest BCUT2D eigenvalue weighted by atomic mass is 9.73. The fourth-order valence-corrected chi connectivity index (χ4v) is 5.29. The van der Waals surface area contributed by atoms with Gasteiger partial charge in [0, 0.05) is 29.5 Å². The third-order valence-corrected chi connectivity index (χ3v) is 7.12. The Morgan fingerprint density at radius 2 is 1.61 bits per heavy atom. The second kappa shape index (κ2) is 8.23. The van der Waals surface area contributed by atoms with Crippen molar-refractivity contribution in [1.82, 2.24) is 0 Å². The van der Waals surface area contributed by atoms with Gasteiger partial charge in [-0.3, -0.25) is 9.59 Å². The third-order valence-electron chi connectivity index (χ3n) is 7.12. The van der Waals surface area contributed by atoms with Gasteiger partial charge in [-0.05, 0) is 19.9 Å². The number of hydrogen-bond acceptors (Lipinski definition) is 11. The highest BCUT2D eigenvalue weighted by atomic mass is 16.7. The Labute approximate surface area is 204 Å². The molecule has 7 N–H and O–H groups in total. The minimum Gasteiger partial charge on any atom is -0.507 e. The van der Waals surface area contributed by atoms with Crippen molar-refractivity contribution < 1.29 is 54.8 Å². The maximum atomic E-state index is 13.6. The number of rotatable bonds is 2. The molecule has 3 aliphatic rings. The molecule has 1 heterocycles. The Morgan fingerprint density at radius 3 is 2.31 bits per heavy atom. The first-order valence-corrected chi connectivity index (χ1v) is 11.4. The van der Waals surface area contributed by atoms with Gasteiger partial charge in [0.25, 0.3) is 0 Å². The molecule has 7 unspecified atom stereocenters. The first-order valence-electron chi connectivity index (χ1n) is 11.4. The standard InChI is InChI=1S/C25H26O11/c1-8-17(27)22(32)23(33)24(35-8)36-12-5-3-4-9-14(12)21(31)16-15(18(9)28)19(29)10-6-25(2,34)7-11(26)13(10)20(16)30/h3-5,8,11,17,22-24,26-27,29-30,32-34H,6-7H2,1-2H3. The number of aliphatic hydroxyl groups excluding tert-OH is 4. The van der Waals surface area contributed by atoms with Crippen LogP contribution in [0.1, 0.15) is 69.3 Å². The number of carbonyl (C=O) groups excluding carboxylic acids is 2. The van der Waals surface area contributed by atoms with Crippen LogP contribution in [0.4, 0.5) is 0 Å². The summed E-state index contributed by atoms with van der Waals surface area (Å²) in [5.74, 6) is -3.16. The van der Waals surface area contributed by atoms with Crippen molar-refractivity contribution >= 4 is 11.6 Å². The minimum absolute atomic E-state index is 0.0211. The van der Waals surface area contributed by atoms with E-state index in [9.17, 15) is 45.3 Å². The molecule has 0 saturated carbocycles. The van der Waals surface area contributed by atoms with E-state index in [0.29, 0.717) is 0 Å². The Hall–Kier alpha value is -3.06. The lowest BCUT2D eigenvalue weighted by molar-refractivity contribution is -0.268. The number of fused-ring (bicyclic) bond motifs is 3. The smallest absolute Gasteiger partial charge is 0.229 e. The summed E-state index contributed by atoms with van der Waals surface area (Å²) in [5.41, 5.74) is -2.97. The number of phenolic OH excluding ortho intramolecular Hbond substituents is 2. The number of phenols is 2. The molecule has 2 aliphatic carbocycles. The molecule has 2 aromatic carbocycles. The zero-order chi connectivity index (χ0) is 26.3. The van der Waals surface area contributed by atoms with E-state index in [2.05, 4.69) is 0 Å². The number of ether oxygens (including phenoxy) is 2. The van der Waals surface area contributed by atoms with Crippen molar-refractivity contribution in [1.29, 1.82) is 0 Å². The van der Waals surface area contributed by atoms with Crippen molar-refractivity contribution in [2.24, 2.45) is 0 Å². The summed E-state index contributed by atoms with van der Waals surface area (Å²) in [5, 5.41) is 73.4. The number of ketones is 2. The van der Waals surface area contributed by atoms with Crippen molar-refractivity contribution in [2.75, 3.05) is 0 Å². The Bertz CT molecular complexity index is 1280. The first-order chi connectivity index (χ1) is 16.8. The van der Waals surface area contributed by atoms with E-state index in [0.717, 1.165) is 0 Å². The van der Waals surface area contributed by atoms with Crippen LogP contribution < -0.4 is 4.74 Å². The maximum Gasteiger partial charge on any atom is 0.229 e. The fourth-order valence-electron chi connectivity index (χ4n) is 5.29. The molecule has 5 rings (SSSR count). The number of aromatic hydroxyl groups is 2. The summed E-state index contributed by atoms with van der Waals surface area (Å²) in [6.45, 7) is 2.90. The van der Waals surface area contributed by atoms with Crippen LogP contribution in [0.5, 0.6) is 17.2 Å². The lowest BCUT2D eigenvalue weighted by Gasteiger charge is -2.39. The van der Waals surface area contributed by atoms with E-state index in [1.54, 1.807) is 0 Å². The molecule has 0 aromatic heterocycles. The highest BCUT2D eigenvalue weighted by Crippen LogP contribution is 2.50. The number of carbonyl (C=O) groups is 2. The van der Waals surface area contributed by atoms with Gasteiger partial charge in [0.1, 0.15) is 35.6 Å². The van der Waals surface area contributed by atoms with Crippen molar-refractivity contribution in [3.8, 4) is 17.2 Å². The third kappa shape index (κ3) is 3.51. The fraction of sp³-hybridized carbons (Fsp3) is 0.440. The van der Waals surface area contributed by atoms with Crippen LogP contribution in [0.3, 0.4) is 0 Å². The summed E-state index contributed by atoms with van der Waals surface area (Å²) >= 11 is 0. The average Bonchev–Trinajstić information content (AvgIpc) is 2.80. The van der Waals surface area contributed by atoms with Gasteiger partial charge < -0.3 is 45.2 Å². The summed E-state index contributed by atoms with van der Waals surface area (Å²) in [7, 11) is 0. The van der Waals surface area contributed by atoms with Crippen LogP contribution >= 0.6 is 0 Å². The molecular weight excluding hydrogens is 476 g/mol. The molecule has 1 saturated heterocycles. The predicted molar refractivity (Wildman–Crippen MR) is 120 cm³/mol. The summed E-state index contributed by atoms with van der Waals surface area (Å²) in [6.07, 6.45) is -8.80. The van der Waals surface area contributed by atoms with Crippen LogP contribution in [-0.2, 0) is 11.2 Å². The molecule has 0 spiro atoms. The van der Waals surface area contributed by atoms with Gasteiger partial charge in [0.2, 0.25) is 12.1 Å². The van der Waals surface area contributed by atoms with Gasteiger partial charge >= 0.3 is 0 Å². The van der Waals surface area contributed by atoms with Crippen molar-refractivity contribution in [3.63, 3.8) is 0 Å². The number of aliphatic hydroxyl groups is 5. The van der Waals surface area contributed by atoms with Crippen LogP contribution in [0, 0.1) is 0 Å². The van der Waals surface area contributed by atoms with Gasteiger partial charge in [-0.25, -0.2) is 0 Å². The van der Waals surface area contributed by atoms with Gasteiger partial charge in [0.05, 0.1) is 34.5 Å². The molecule has 2 aromatic rings. The summed E-state index contributed by atoms with van der Waals surface area (Å²) < 4.78 is 11.1. The normalized spacial score (nSPS) is 33.5.